The van der Waals surface area contributed by atoms with E-state index in [0.29, 0.717) is 17.5 Å². The topological polar surface area (TPSA) is 56.7 Å². The quantitative estimate of drug-likeness (QED) is 0.879. The molecule has 2 fully saturated rings. The van der Waals surface area contributed by atoms with E-state index in [-0.39, 0.29) is 18.1 Å². The first kappa shape index (κ1) is 18.6. The van der Waals surface area contributed by atoms with Crippen molar-refractivity contribution in [3.8, 4) is 0 Å². The van der Waals surface area contributed by atoms with Crippen molar-refractivity contribution in [2.24, 2.45) is 11.8 Å². The number of fused-ring (bicyclic) bond motifs is 1. The average molecular weight is 386 g/mol. The van der Waals surface area contributed by atoms with Crippen LogP contribution < -0.4 is 0 Å². The summed E-state index contributed by atoms with van der Waals surface area (Å²) in [6.07, 6.45) is 2.21. The molecule has 1 saturated carbocycles. The number of carbonyl (C=O) groups is 1. The fraction of sp³-hybridized carbons (Fsp3) is 0.524. The van der Waals surface area contributed by atoms with E-state index in [0.717, 1.165) is 37.4 Å². The Morgan fingerprint density at radius 1 is 1.22 bits per heavy atom. The molecule has 1 aliphatic heterocycles. The Bertz CT molecular complexity index is 792. The standard InChI is InChI=1S/C21H27N3O2S/c1-23(2)18-9-15-11-24(12-16(15)10-19(18)25)21(26)17-13-27-20(22-17)8-14-6-4-3-5-7-14/h3-7,13,15-16,18-19,25H,8-12H2,1-2H3/t15-,16+,18-,19-/m1/s1. The Kier molecular flexibility index (Phi) is 5.30. The molecule has 0 unspecified atom stereocenters. The first-order valence-electron chi connectivity index (χ1n) is 9.63. The molecule has 1 aromatic heterocycles. The lowest BCUT2D eigenvalue weighted by molar-refractivity contribution is 0.00940. The molecule has 2 aliphatic rings. The Labute approximate surface area is 164 Å². The molecular weight excluding hydrogens is 358 g/mol. The van der Waals surface area contributed by atoms with Crippen molar-refractivity contribution >= 4 is 17.2 Å². The third-order valence-electron chi connectivity index (χ3n) is 6.03. The fourth-order valence-electron chi connectivity index (χ4n) is 4.55. The predicted octanol–water partition coefficient (Wildman–Crippen LogP) is 2.51. The van der Waals surface area contributed by atoms with Crippen LogP contribution in [-0.2, 0) is 6.42 Å². The van der Waals surface area contributed by atoms with Gasteiger partial charge in [0.2, 0.25) is 0 Å². The third-order valence-corrected chi connectivity index (χ3v) is 6.88. The molecule has 0 spiro atoms. The average Bonchev–Trinajstić information content (AvgIpc) is 3.27. The lowest BCUT2D eigenvalue weighted by atomic mass is 9.77. The summed E-state index contributed by atoms with van der Waals surface area (Å²) in [5, 5.41) is 13.3. The molecule has 1 amide bonds. The summed E-state index contributed by atoms with van der Waals surface area (Å²) in [5.74, 6) is 0.922. The molecule has 2 aromatic rings. The second kappa shape index (κ2) is 7.70. The van der Waals surface area contributed by atoms with Crippen LogP contribution in [0.25, 0.3) is 0 Å². The smallest absolute Gasteiger partial charge is 0.273 e. The molecule has 4 rings (SSSR count). The maximum Gasteiger partial charge on any atom is 0.273 e. The summed E-state index contributed by atoms with van der Waals surface area (Å²) in [5.41, 5.74) is 1.77. The lowest BCUT2D eigenvalue weighted by Crippen LogP contribution is -2.46. The minimum atomic E-state index is -0.298. The number of aliphatic hydroxyl groups excluding tert-OH is 1. The van der Waals surface area contributed by atoms with Crippen LogP contribution >= 0.6 is 11.3 Å². The zero-order valence-corrected chi connectivity index (χ0v) is 16.7. The van der Waals surface area contributed by atoms with Crippen LogP contribution in [0, 0.1) is 11.8 Å². The number of hydrogen-bond acceptors (Lipinski definition) is 5. The Hall–Kier alpha value is -1.76. The molecule has 0 radical (unpaired) electrons. The van der Waals surface area contributed by atoms with Crippen molar-refractivity contribution in [1.29, 1.82) is 0 Å². The summed E-state index contributed by atoms with van der Waals surface area (Å²) in [4.78, 5) is 21.6. The van der Waals surface area contributed by atoms with Crippen LogP contribution in [0.3, 0.4) is 0 Å². The lowest BCUT2D eigenvalue weighted by Gasteiger charge is -2.38. The molecule has 0 bridgehead atoms. The van der Waals surface area contributed by atoms with Crippen molar-refractivity contribution in [2.75, 3.05) is 27.2 Å². The number of likely N-dealkylation sites (N-methyl/N-ethyl adjacent to an activating group) is 1. The number of benzene rings is 1. The van der Waals surface area contributed by atoms with Crippen LogP contribution in [0.2, 0.25) is 0 Å². The second-order valence-corrected chi connectivity index (χ2v) is 9.03. The summed E-state index contributed by atoms with van der Waals surface area (Å²) in [7, 11) is 4.05. The number of carbonyl (C=O) groups excluding carboxylic acids is 1. The number of amides is 1. The van der Waals surface area contributed by atoms with Gasteiger partial charge in [0.15, 0.2) is 0 Å². The number of thiazole rings is 1. The SMILES string of the molecule is CN(C)[C@@H]1C[C@@H]2CN(C(=O)c3csc(Cc4ccccc4)n3)C[C@@H]2C[C@H]1O. The summed E-state index contributed by atoms with van der Waals surface area (Å²) >= 11 is 1.56. The molecule has 1 aromatic carbocycles. The molecule has 1 saturated heterocycles. The molecule has 2 heterocycles. The normalized spacial score (nSPS) is 27.8. The molecular formula is C21H27N3O2S. The van der Waals surface area contributed by atoms with Gasteiger partial charge in [0.05, 0.1) is 11.1 Å². The van der Waals surface area contributed by atoms with E-state index in [2.05, 4.69) is 22.0 Å². The number of likely N-dealkylation sites (tertiary alicyclic amines) is 1. The molecule has 144 valence electrons. The largest absolute Gasteiger partial charge is 0.391 e. The zero-order chi connectivity index (χ0) is 19.0. The highest BCUT2D eigenvalue weighted by Gasteiger charge is 2.43. The monoisotopic (exact) mass is 385 g/mol. The Morgan fingerprint density at radius 2 is 1.93 bits per heavy atom. The third kappa shape index (κ3) is 3.93. The highest BCUT2D eigenvalue weighted by Crippen LogP contribution is 2.38. The summed E-state index contributed by atoms with van der Waals surface area (Å²) in [6.45, 7) is 1.53. The Morgan fingerprint density at radius 3 is 2.63 bits per heavy atom. The number of aromatic nitrogens is 1. The van der Waals surface area contributed by atoms with E-state index in [9.17, 15) is 9.90 Å². The van der Waals surface area contributed by atoms with Crippen molar-refractivity contribution in [2.45, 2.75) is 31.4 Å². The highest BCUT2D eigenvalue weighted by atomic mass is 32.1. The van der Waals surface area contributed by atoms with E-state index < -0.39 is 0 Å². The van der Waals surface area contributed by atoms with Gasteiger partial charge in [-0.25, -0.2) is 4.98 Å². The number of aliphatic hydroxyl groups is 1. The van der Waals surface area contributed by atoms with Crippen molar-refractivity contribution in [3.05, 3.63) is 52.0 Å². The van der Waals surface area contributed by atoms with Gasteiger partial charge in [-0.3, -0.25) is 4.79 Å². The van der Waals surface area contributed by atoms with Crippen LogP contribution in [0.15, 0.2) is 35.7 Å². The van der Waals surface area contributed by atoms with Crippen molar-refractivity contribution < 1.29 is 9.90 Å². The van der Waals surface area contributed by atoms with Gasteiger partial charge in [0.25, 0.3) is 5.91 Å². The molecule has 1 aliphatic carbocycles. The molecule has 4 atom stereocenters. The highest BCUT2D eigenvalue weighted by molar-refractivity contribution is 7.09. The first-order chi connectivity index (χ1) is 13.0. The summed E-state index contributed by atoms with van der Waals surface area (Å²) < 4.78 is 0. The maximum atomic E-state index is 13.0. The van der Waals surface area contributed by atoms with E-state index >= 15 is 0 Å². The fourth-order valence-corrected chi connectivity index (χ4v) is 5.35. The van der Waals surface area contributed by atoms with Crippen molar-refractivity contribution in [1.82, 2.24) is 14.8 Å². The van der Waals surface area contributed by atoms with Crippen LogP contribution in [-0.4, -0.2) is 65.1 Å². The number of hydrogen-bond donors (Lipinski definition) is 1. The summed E-state index contributed by atoms with van der Waals surface area (Å²) in [6, 6.07) is 10.4. The number of rotatable bonds is 4. The van der Waals surface area contributed by atoms with Gasteiger partial charge in [-0.2, -0.15) is 0 Å². The van der Waals surface area contributed by atoms with Gasteiger partial charge in [0, 0.05) is 30.9 Å². The second-order valence-electron chi connectivity index (χ2n) is 8.09. The maximum absolute atomic E-state index is 13.0. The van der Waals surface area contributed by atoms with Gasteiger partial charge in [0.1, 0.15) is 5.69 Å². The molecule has 5 nitrogen and oxygen atoms in total. The number of nitrogens with zero attached hydrogens (tertiary/aromatic N) is 3. The zero-order valence-electron chi connectivity index (χ0n) is 15.9. The Balaban J connectivity index is 1.41. The molecule has 6 heteroatoms. The van der Waals surface area contributed by atoms with Crippen LogP contribution in [0.5, 0.6) is 0 Å². The first-order valence-corrected chi connectivity index (χ1v) is 10.5. The van der Waals surface area contributed by atoms with Gasteiger partial charge < -0.3 is 14.9 Å². The minimum absolute atomic E-state index is 0.0378. The van der Waals surface area contributed by atoms with Gasteiger partial charge >= 0.3 is 0 Å². The van der Waals surface area contributed by atoms with E-state index in [4.69, 9.17) is 0 Å². The molecule has 27 heavy (non-hydrogen) atoms. The van der Waals surface area contributed by atoms with Crippen LogP contribution in [0.4, 0.5) is 0 Å². The molecule has 1 N–H and O–H groups in total. The van der Waals surface area contributed by atoms with E-state index in [1.165, 1.54) is 5.56 Å². The van der Waals surface area contributed by atoms with E-state index in [1.54, 1.807) is 11.3 Å². The minimum Gasteiger partial charge on any atom is -0.391 e. The van der Waals surface area contributed by atoms with Gasteiger partial charge in [-0.15, -0.1) is 11.3 Å². The van der Waals surface area contributed by atoms with Crippen LogP contribution in [0.1, 0.15) is 33.9 Å². The van der Waals surface area contributed by atoms with E-state index in [1.807, 2.05) is 42.6 Å². The van der Waals surface area contributed by atoms with Gasteiger partial charge in [-0.05, 0) is 44.3 Å². The van der Waals surface area contributed by atoms with Gasteiger partial charge in [-0.1, -0.05) is 30.3 Å². The van der Waals surface area contributed by atoms with Crippen molar-refractivity contribution in [3.63, 3.8) is 0 Å². The predicted molar refractivity (Wildman–Crippen MR) is 107 cm³/mol.